The van der Waals surface area contributed by atoms with Crippen molar-refractivity contribution in [2.45, 2.75) is 90.4 Å². The van der Waals surface area contributed by atoms with Crippen molar-refractivity contribution in [2.24, 2.45) is 11.8 Å². The molecule has 9 heteroatoms. The van der Waals surface area contributed by atoms with Crippen LogP contribution in [0, 0.1) is 11.8 Å². The van der Waals surface area contributed by atoms with E-state index in [9.17, 15) is 14.7 Å². The van der Waals surface area contributed by atoms with E-state index in [4.69, 9.17) is 9.47 Å². The molecule has 0 unspecified atom stereocenters. The Labute approximate surface area is 269 Å². The van der Waals surface area contributed by atoms with Crippen molar-refractivity contribution in [3.63, 3.8) is 0 Å². The van der Waals surface area contributed by atoms with E-state index in [1.165, 1.54) is 32.1 Å². The van der Waals surface area contributed by atoms with Gasteiger partial charge >= 0.3 is 6.03 Å². The van der Waals surface area contributed by atoms with E-state index in [2.05, 4.69) is 29.5 Å². The van der Waals surface area contributed by atoms with E-state index >= 15 is 0 Å². The first-order chi connectivity index (χ1) is 21.7. The molecule has 4 rings (SSSR count). The molecule has 1 saturated carbocycles. The van der Waals surface area contributed by atoms with Crippen LogP contribution in [0.5, 0.6) is 5.75 Å². The molecule has 0 spiro atoms. The third-order valence-corrected chi connectivity index (χ3v) is 9.13. The Hall–Kier alpha value is -3.14. The zero-order chi connectivity index (χ0) is 32.2. The van der Waals surface area contributed by atoms with E-state index < -0.39 is 12.1 Å². The molecule has 0 bridgehead atoms. The van der Waals surface area contributed by atoms with Crippen LogP contribution in [-0.2, 0) is 4.74 Å². The van der Waals surface area contributed by atoms with Gasteiger partial charge in [-0.1, -0.05) is 44.4 Å². The van der Waals surface area contributed by atoms with Gasteiger partial charge in [0.05, 0.1) is 30.4 Å². The number of urea groups is 1. The molecule has 2 aliphatic rings. The summed E-state index contributed by atoms with van der Waals surface area (Å²) in [5, 5.41) is 15.9. The summed E-state index contributed by atoms with van der Waals surface area (Å²) >= 11 is 0. The third-order valence-electron chi connectivity index (χ3n) is 9.13. The summed E-state index contributed by atoms with van der Waals surface area (Å²) in [7, 11) is 2.19. The molecular weight excluding hydrogens is 568 g/mol. The number of nitrogens with zero attached hydrogens (tertiary/aromatic N) is 2. The van der Waals surface area contributed by atoms with Crippen molar-refractivity contribution in [2.75, 3.05) is 50.5 Å². The predicted octanol–water partition coefficient (Wildman–Crippen LogP) is 6.64. The second-order valence-corrected chi connectivity index (χ2v) is 13.2. The molecule has 3 N–H and O–H groups in total. The minimum Gasteiger partial charge on any atom is -0.490 e. The van der Waals surface area contributed by atoms with Crippen LogP contribution in [0.4, 0.5) is 16.2 Å². The fourth-order valence-corrected chi connectivity index (χ4v) is 6.47. The Balaban J connectivity index is 1.56. The van der Waals surface area contributed by atoms with Crippen LogP contribution in [0.3, 0.4) is 0 Å². The number of carbonyl (C=O) groups excluding carboxylic acids is 2. The van der Waals surface area contributed by atoms with Gasteiger partial charge in [0.1, 0.15) is 5.75 Å². The molecule has 4 atom stereocenters. The molecule has 2 aromatic rings. The third kappa shape index (κ3) is 10.7. The minimum atomic E-state index is -0.420. The number of aliphatic hydroxyl groups excluding tert-OH is 1. The molecular formula is C36H54N4O5. The average Bonchev–Trinajstić information content (AvgIpc) is 3.03. The maximum absolute atomic E-state index is 14.3. The number of nitrogens with one attached hydrogen (secondary N) is 2. The Kier molecular flexibility index (Phi) is 13.5. The lowest BCUT2D eigenvalue weighted by Gasteiger charge is -2.36. The SMILES string of the molecule is C[C@@H]1CCCCO[C@@H](CN(C)CC2CCCCC2)[C@H](C)CN([C@H](C)CO)C(=O)c2cc(NC(=O)Nc3ccccc3)ccc2O1. The Morgan fingerprint density at radius 3 is 2.42 bits per heavy atom. The van der Waals surface area contributed by atoms with Gasteiger partial charge in [-0.25, -0.2) is 4.79 Å². The van der Waals surface area contributed by atoms with E-state index in [1.54, 1.807) is 23.1 Å². The van der Waals surface area contributed by atoms with Crippen molar-refractivity contribution in [3.05, 3.63) is 54.1 Å². The molecule has 0 aromatic heterocycles. The number of rotatable bonds is 8. The Morgan fingerprint density at radius 1 is 0.978 bits per heavy atom. The predicted molar refractivity (Wildman–Crippen MR) is 180 cm³/mol. The normalized spacial score (nSPS) is 23.0. The van der Waals surface area contributed by atoms with Gasteiger partial charge in [-0.2, -0.15) is 0 Å². The second kappa shape index (κ2) is 17.5. The lowest BCUT2D eigenvalue weighted by molar-refractivity contribution is -0.0190. The number of hydrogen-bond donors (Lipinski definition) is 3. The quantitative estimate of drug-likeness (QED) is 0.305. The zero-order valence-corrected chi connectivity index (χ0v) is 27.7. The highest BCUT2D eigenvalue weighted by Crippen LogP contribution is 2.29. The molecule has 1 aliphatic carbocycles. The summed E-state index contributed by atoms with van der Waals surface area (Å²) in [4.78, 5) is 31.2. The minimum absolute atomic E-state index is 0.0287. The standard InChI is InChI=1S/C36H54N4O5/c1-26-22-40(27(2)25-41)35(42)32-21-31(38-36(43)37-30-16-9-6-10-17-30)18-19-33(32)45-28(3)13-11-12-20-44-34(26)24-39(4)23-29-14-7-5-8-15-29/h6,9-10,16-19,21,26-29,34,41H,5,7-8,11-15,20,22-25H2,1-4H3,(H2,37,38,43)/t26-,27-,28-,34+/m1/s1. The number of carbonyl (C=O) groups is 2. The van der Waals surface area contributed by atoms with Crippen molar-refractivity contribution in [1.82, 2.24) is 9.80 Å². The van der Waals surface area contributed by atoms with Gasteiger partial charge in [-0.05, 0) is 89.2 Å². The number of aliphatic hydroxyl groups is 1. The van der Waals surface area contributed by atoms with Gasteiger partial charge < -0.3 is 35.0 Å². The average molecular weight is 623 g/mol. The van der Waals surface area contributed by atoms with Gasteiger partial charge in [0.2, 0.25) is 0 Å². The van der Waals surface area contributed by atoms with E-state index in [0.717, 1.165) is 38.3 Å². The van der Waals surface area contributed by atoms with Gasteiger partial charge in [-0.15, -0.1) is 0 Å². The van der Waals surface area contributed by atoms with Crippen molar-refractivity contribution in [3.8, 4) is 5.75 Å². The van der Waals surface area contributed by atoms with Crippen molar-refractivity contribution < 1.29 is 24.2 Å². The van der Waals surface area contributed by atoms with Crippen LogP contribution < -0.4 is 15.4 Å². The molecule has 1 fully saturated rings. The summed E-state index contributed by atoms with van der Waals surface area (Å²) in [6.07, 6.45) is 9.15. The van der Waals surface area contributed by atoms with E-state index in [0.29, 0.717) is 35.8 Å². The summed E-state index contributed by atoms with van der Waals surface area (Å²) in [6, 6.07) is 13.5. The van der Waals surface area contributed by atoms with Crippen LogP contribution >= 0.6 is 0 Å². The smallest absolute Gasteiger partial charge is 0.323 e. The van der Waals surface area contributed by atoms with Crippen LogP contribution in [-0.4, -0.2) is 85.0 Å². The van der Waals surface area contributed by atoms with Crippen molar-refractivity contribution >= 4 is 23.3 Å². The fraction of sp³-hybridized carbons (Fsp3) is 0.611. The molecule has 1 aliphatic heterocycles. The monoisotopic (exact) mass is 622 g/mol. The highest BCUT2D eigenvalue weighted by Gasteiger charge is 2.31. The van der Waals surface area contributed by atoms with Crippen LogP contribution in [0.1, 0.15) is 82.5 Å². The lowest BCUT2D eigenvalue weighted by atomic mass is 9.89. The Bertz CT molecular complexity index is 1210. The summed E-state index contributed by atoms with van der Waals surface area (Å²) in [6.45, 7) is 8.79. The fourth-order valence-electron chi connectivity index (χ4n) is 6.47. The highest BCUT2D eigenvalue weighted by atomic mass is 16.5. The van der Waals surface area contributed by atoms with Crippen LogP contribution in [0.2, 0.25) is 0 Å². The largest absolute Gasteiger partial charge is 0.490 e. The molecule has 1 heterocycles. The summed E-state index contributed by atoms with van der Waals surface area (Å²) in [5.74, 6) is 0.993. The first-order valence-electron chi connectivity index (χ1n) is 16.9. The van der Waals surface area contributed by atoms with Crippen LogP contribution in [0.15, 0.2) is 48.5 Å². The number of ether oxygens (including phenoxy) is 2. The summed E-state index contributed by atoms with van der Waals surface area (Å²) in [5.41, 5.74) is 1.50. The van der Waals surface area contributed by atoms with E-state index in [-0.39, 0.29) is 30.6 Å². The summed E-state index contributed by atoms with van der Waals surface area (Å²) < 4.78 is 12.9. The van der Waals surface area contributed by atoms with Gasteiger partial charge in [-0.3, -0.25) is 4.79 Å². The molecule has 45 heavy (non-hydrogen) atoms. The Morgan fingerprint density at radius 2 is 1.69 bits per heavy atom. The molecule has 2 aromatic carbocycles. The molecule has 248 valence electrons. The number of anilines is 2. The number of fused-ring (bicyclic) bond motifs is 1. The maximum Gasteiger partial charge on any atom is 0.323 e. The molecule has 3 amide bonds. The molecule has 9 nitrogen and oxygen atoms in total. The number of amides is 3. The number of benzene rings is 2. The first-order valence-corrected chi connectivity index (χ1v) is 16.9. The second-order valence-electron chi connectivity index (χ2n) is 13.2. The zero-order valence-electron chi connectivity index (χ0n) is 27.7. The number of hydrogen-bond acceptors (Lipinski definition) is 6. The van der Waals surface area contributed by atoms with Gasteiger partial charge in [0.15, 0.2) is 0 Å². The number of para-hydroxylation sites is 1. The van der Waals surface area contributed by atoms with Crippen LogP contribution in [0.25, 0.3) is 0 Å². The molecule has 0 saturated heterocycles. The maximum atomic E-state index is 14.3. The molecule has 0 radical (unpaired) electrons. The highest BCUT2D eigenvalue weighted by molar-refractivity contribution is 6.02. The van der Waals surface area contributed by atoms with E-state index in [1.807, 2.05) is 44.2 Å². The lowest BCUT2D eigenvalue weighted by Crippen LogP contribution is -2.47. The van der Waals surface area contributed by atoms with Crippen molar-refractivity contribution in [1.29, 1.82) is 0 Å². The first kappa shape index (κ1) is 34.7. The van der Waals surface area contributed by atoms with Gasteiger partial charge in [0, 0.05) is 43.5 Å². The topological polar surface area (TPSA) is 103 Å². The number of likely N-dealkylation sites (N-methyl/N-ethyl adjacent to an activating group) is 1. The van der Waals surface area contributed by atoms with Gasteiger partial charge in [0.25, 0.3) is 5.91 Å².